The predicted octanol–water partition coefficient (Wildman–Crippen LogP) is 1.89. The Bertz CT molecular complexity index is 286. The number of aliphatic hydroxyl groups is 2. The largest absolute Gasteiger partial charge is 0.496 e. The first-order valence-electron chi connectivity index (χ1n) is 5.21. The summed E-state index contributed by atoms with van der Waals surface area (Å²) in [6.45, 7) is 0.179. The van der Waals surface area contributed by atoms with E-state index >= 15 is 0 Å². The highest BCUT2D eigenvalue weighted by Gasteiger charge is 2.11. The zero-order valence-corrected chi connectivity index (χ0v) is 9.02. The molecule has 84 valence electrons. The minimum Gasteiger partial charge on any atom is -0.496 e. The molecule has 0 aliphatic carbocycles. The zero-order chi connectivity index (χ0) is 11.1. The molecule has 0 amide bonds. The SMILES string of the molecule is COc1ccccc1[C@@H](O)CCCCO. The van der Waals surface area contributed by atoms with Gasteiger partial charge in [0.05, 0.1) is 13.2 Å². The molecular formula is C12H18O3. The number of hydrogen-bond donors (Lipinski definition) is 2. The third-order valence-corrected chi connectivity index (χ3v) is 2.38. The highest BCUT2D eigenvalue weighted by Crippen LogP contribution is 2.27. The molecule has 0 fully saturated rings. The van der Waals surface area contributed by atoms with Crippen LogP contribution in [0.2, 0.25) is 0 Å². The molecule has 1 aromatic carbocycles. The second-order valence-corrected chi connectivity index (χ2v) is 3.48. The number of ether oxygens (including phenoxy) is 1. The lowest BCUT2D eigenvalue weighted by atomic mass is 10.0. The minimum atomic E-state index is -0.507. The Balaban J connectivity index is 2.59. The van der Waals surface area contributed by atoms with E-state index in [0.717, 1.165) is 18.4 Å². The molecule has 3 nitrogen and oxygen atoms in total. The Labute approximate surface area is 90.3 Å². The van der Waals surface area contributed by atoms with Crippen LogP contribution in [0.3, 0.4) is 0 Å². The zero-order valence-electron chi connectivity index (χ0n) is 9.02. The third kappa shape index (κ3) is 3.53. The molecule has 0 spiro atoms. The van der Waals surface area contributed by atoms with Crippen LogP contribution in [0.5, 0.6) is 5.75 Å². The molecule has 0 saturated heterocycles. The molecule has 1 rings (SSSR count). The first-order chi connectivity index (χ1) is 7.29. The molecule has 0 radical (unpaired) electrons. The summed E-state index contributed by atoms with van der Waals surface area (Å²) >= 11 is 0. The fourth-order valence-electron chi connectivity index (χ4n) is 1.55. The first-order valence-corrected chi connectivity index (χ1v) is 5.21. The monoisotopic (exact) mass is 210 g/mol. The molecule has 0 aromatic heterocycles. The summed E-state index contributed by atoms with van der Waals surface area (Å²) < 4.78 is 5.16. The van der Waals surface area contributed by atoms with Gasteiger partial charge in [0, 0.05) is 12.2 Å². The van der Waals surface area contributed by atoms with Crippen molar-refractivity contribution in [2.24, 2.45) is 0 Å². The normalized spacial score (nSPS) is 12.5. The summed E-state index contributed by atoms with van der Waals surface area (Å²) in [7, 11) is 1.60. The minimum absolute atomic E-state index is 0.179. The summed E-state index contributed by atoms with van der Waals surface area (Å²) in [4.78, 5) is 0. The van der Waals surface area contributed by atoms with Gasteiger partial charge in [-0.25, -0.2) is 0 Å². The molecule has 0 heterocycles. The summed E-state index contributed by atoms with van der Waals surface area (Å²) in [6, 6.07) is 7.46. The quantitative estimate of drug-likeness (QED) is 0.705. The second-order valence-electron chi connectivity index (χ2n) is 3.48. The van der Waals surface area contributed by atoms with Gasteiger partial charge in [-0.15, -0.1) is 0 Å². The van der Waals surface area contributed by atoms with Crippen molar-refractivity contribution in [3.63, 3.8) is 0 Å². The number of hydrogen-bond acceptors (Lipinski definition) is 3. The Morgan fingerprint density at radius 2 is 2.00 bits per heavy atom. The third-order valence-electron chi connectivity index (χ3n) is 2.38. The van der Waals surface area contributed by atoms with Crippen LogP contribution in [-0.4, -0.2) is 23.9 Å². The number of methoxy groups -OCH3 is 1. The maximum Gasteiger partial charge on any atom is 0.124 e. The van der Waals surface area contributed by atoms with E-state index < -0.39 is 6.10 Å². The number of para-hydroxylation sites is 1. The Kier molecular flexibility index (Phi) is 5.15. The fourth-order valence-corrected chi connectivity index (χ4v) is 1.55. The van der Waals surface area contributed by atoms with Gasteiger partial charge in [0.25, 0.3) is 0 Å². The summed E-state index contributed by atoms with van der Waals surface area (Å²) in [6.07, 6.45) is 1.69. The Morgan fingerprint density at radius 3 is 2.67 bits per heavy atom. The van der Waals surface area contributed by atoms with E-state index in [2.05, 4.69) is 0 Å². The number of unbranched alkanes of at least 4 members (excludes halogenated alkanes) is 1. The average Bonchev–Trinajstić information content (AvgIpc) is 2.29. The molecule has 3 heteroatoms. The lowest BCUT2D eigenvalue weighted by Gasteiger charge is -2.14. The molecule has 0 bridgehead atoms. The standard InChI is InChI=1S/C12H18O3/c1-15-12-8-3-2-6-10(12)11(14)7-4-5-9-13/h2-3,6,8,11,13-14H,4-5,7,9H2,1H3/t11-/m0/s1. The lowest BCUT2D eigenvalue weighted by Crippen LogP contribution is -2.00. The maximum absolute atomic E-state index is 9.90. The number of aliphatic hydroxyl groups excluding tert-OH is 2. The molecule has 1 atom stereocenters. The van der Waals surface area contributed by atoms with Crippen LogP contribution in [0, 0.1) is 0 Å². The first kappa shape index (κ1) is 12.0. The van der Waals surface area contributed by atoms with E-state index in [1.54, 1.807) is 7.11 Å². The molecule has 0 unspecified atom stereocenters. The van der Waals surface area contributed by atoms with E-state index in [1.807, 2.05) is 24.3 Å². The smallest absolute Gasteiger partial charge is 0.124 e. The van der Waals surface area contributed by atoms with Crippen LogP contribution in [0.4, 0.5) is 0 Å². The van der Waals surface area contributed by atoms with Gasteiger partial charge >= 0.3 is 0 Å². The fraction of sp³-hybridized carbons (Fsp3) is 0.500. The predicted molar refractivity (Wildman–Crippen MR) is 58.9 cm³/mol. The van der Waals surface area contributed by atoms with E-state index in [9.17, 15) is 5.11 Å². The van der Waals surface area contributed by atoms with E-state index in [1.165, 1.54) is 0 Å². The summed E-state index contributed by atoms with van der Waals surface area (Å²) in [5.74, 6) is 0.717. The van der Waals surface area contributed by atoms with Gasteiger partial charge in [0.1, 0.15) is 5.75 Å². The van der Waals surface area contributed by atoms with Crippen LogP contribution in [0.25, 0.3) is 0 Å². The highest BCUT2D eigenvalue weighted by molar-refractivity contribution is 5.34. The molecular weight excluding hydrogens is 192 g/mol. The van der Waals surface area contributed by atoms with Gasteiger partial charge in [-0.1, -0.05) is 18.2 Å². The number of benzene rings is 1. The Hall–Kier alpha value is -1.06. The lowest BCUT2D eigenvalue weighted by molar-refractivity contribution is 0.155. The highest BCUT2D eigenvalue weighted by atomic mass is 16.5. The Morgan fingerprint density at radius 1 is 1.27 bits per heavy atom. The van der Waals surface area contributed by atoms with Gasteiger partial charge in [-0.05, 0) is 25.3 Å². The van der Waals surface area contributed by atoms with Gasteiger partial charge in [0.2, 0.25) is 0 Å². The van der Waals surface area contributed by atoms with Crippen molar-refractivity contribution < 1.29 is 14.9 Å². The van der Waals surface area contributed by atoms with E-state index in [4.69, 9.17) is 9.84 Å². The maximum atomic E-state index is 9.90. The van der Waals surface area contributed by atoms with Crippen molar-refractivity contribution in [2.45, 2.75) is 25.4 Å². The van der Waals surface area contributed by atoms with Crippen LogP contribution in [-0.2, 0) is 0 Å². The molecule has 0 saturated carbocycles. The van der Waals surface area contributed by atoms with Gasteiger partial charge in [0.15, 0.2) is 0 Å². The van der Waals surface area contributed by atoms with Crippen LogP contribution in [0.1, 0.15) is 30.9 Å². The second kappa shape index (κ2) is 6.43. The van der Waals surface area contributed by atoms with Gasteiger partial charge in [-0.2, -0.15) is 0 Å². The van der Waals surface area contributed by atoms with Crippen molar-refractivity contribution in [1.82, 2.24) is 0 Å². The van der Waals surface area contributed by atoms with Crippen molar-refractivity contribution >= 4 is 0 Å². The van der Waals surface area contributed by atoms with Gasteiger partial charge < -0.3 is 14.9 Å². The summed E-state index contributed by atoms with van der Waals surface area (Å²) in [5.41, 5.74) is 0.818. The van der Waals surface area contributed by atoms with Crippen LogP contribution >= 0.6 is 0 Å². The average molecular weight is 210 g/mol. The summed E-state index contributed by atoms with van der Waals surface area (Å²) in [5, 5.41) is 18.5. The van der Waals surface area contributed by atoms with Crippen LogP contribution < -0.4 is 4.74 Å². The van der Waals surface area contributed by atoms with Crippen molar-refractivity contribution in [2.75, 3.05) is 13.7 Å². The molecule has 2 N–H and O–H groups in total. The van der Waals surface area contributed by atoms with Crippen molar-refractivity contribution in [3.05, 3.63) is 29.8 Å². The topological polar surface area (TPSA) is 49.7 Å². The molecule has 15 heavy (non-hydrogen) atoms. The van der Waals surface area contributed by atoms with Gasteiger partial charge in [-0.3, -0.25) is 0 Å². The van der Waals surface area contributed by atoms with E-state index in [-0.39, 0.29) is 6.61 Å². The van der Waals surface area contributed by atoms with Crippen molar-refractivity contribution in [3.8, 4) is 5.75 Å². The van der Waals surface area contributed by atoms with Crippen LogP contribution in [0.15, 0.2) is 24.3 Å². The molecule has 0 aliphatic rings. The number of rotatable bonds is 6. The molecule has 0 aliphatic heterocycles. The van der Waals surface area contributed by atoms with Crippen molar-refractivity contribution in [1.29, 1.82) is 0 Å². The molecule has 1 aromatic rings. The van der Waals surface area contributed by atoms with E-state index in [0.29, 0.717) is 12.2 Å².